The summed E-state index contributed by atoms with van der Waals surface area (Å²) in [4.78, 5) is 2.16. The van der Waals surface area contributed by atoms with Crippen molar-refractivity contribution in [2.45, 2.75) is 6.92 Å². The van der Waals surface area contributed by atoms with Crippen molar-refractivity contribution < 1.29 is 9.47 Å². The molecule has 0 unspecified atom stereocenters. The fourth-order valence-corrected chi connectivity index (χ4v) is 1.21. The number of ether oxygens (including phenoxy) is 2. The van der Waals surface area contributed by atoms with Gasteiger partial charge < -0.3 is 14.4 Å². The Balaban J connectivity index is 2.16. The van der Waals surface area contributed by atoms with Crippen molar-refractivity contribution in [1.82, 2.24) is 0 Å². The van der Waals surface area contributed by atoms with E-state index in [0.717, 1.165) is 6.54 Å². The third-order valence-electron chi connectivity index (χ3n) is 2.14. The Morgan fingerprint density at radius 2 is 1.87 bits per heavy atom. The third kappa shape index (κ3) is 4.81. The maximum absolute atomic E-state index is 5.30. The summed E-state index contributed by atoms with van der Waals surface area (Å²) in [5.41, 5.74) is 1.21. The van der Waals surface area contributed by atoms with Crippen LogP contribution in [-0.2, 0) is 9.47 Å². The van der Waals surface area contributed by atoms with E-state index in [4.69, 9.17) is 9.47 Å². The maximum atomic E-state index is 5.30. The molecule has 0 saturated heterocycles. The van der Waals surface area contributed by atoms with Gasteiger partial charge >= 0.3 is 0 Å². The summed E-state index contributed by atoms with van der Waals surface area (Å²) in [5, 5.41) is 0. The van der Waals surface area contributed by atoms with Gasteiger partial charge in [0, 0.05) is 25.9 Å². The Morgan fingerprint density at radius 1 is 1.13 bits per heavy atom. The van der Waals surface area contributed by atoms with E-state index in [0.29, 0.717) is 20.0 Å². The molecule has 0 aliphatic heterocycles. The summed E-state index contributed by atoms with van der Waals surface area (Å²) >= 11 is 0. The molecule has 0 radical (unpaired) electrons. The first-order valence-corrected chi connectivity index (χ1v) is 5.26. The van der Waals surface area contributed by atoms with Crippen LogP contribution in [0.15, 0.2) is 30.3 Å². The molecule has 1 aromatic carbocycles. The van der Waals surface area contributed by atoms with Gasteiger partial charge in [-0.05, 0) is 19.1 Å². The molecule has 0 N–H and O–H groups in total. The van der Waals surface area contributed by atoms with Crippen LogP contribution in [0, 0.1) is 0 Å². The largest absolute Gasteiger partial charge is 0.372 e. The van der Waals surface area contributed by atoms with Crippen molar-refractivity contribution >= 4 is 5.69 Å². The molecule has 0 bridgehead atoms. The fourth-order valence-electron chi connectivity index (χ4n) is 1.21. The van der Waals surface area contributed by atoms with E-state index < -0.39 is 0 Å². The number of nitrogens with zero attached hydrogens (tertiary/aromatic N) is 1. The fraction of sp³-hybridized carbons (Fsp3) is 0.500. The van der Waals surface area contributed by atoms with Crippen LogP contribution in [0.2, 0.25) is 0 Å². The first-order valence-electron chi connectivity index (χ1n) is 5.26. The highest BCUT2D eigenvalue weighted by Gasteiger charge is 1.98. The van der Waals surface area contributed by atoms with Gasteiger partial charge in [0.05, 0.1) is 6.61 Å². The van der Waals surface area contributed by atoms with Crippen LogP contribution in [0.1, 0.15) is 6.92 Å². The Labute approximate surface area is 91.6 Å². The summed E-state index contributed by atoms with van der Waals surface area (Å²) in [6.07, 6.45) is 0. The minimum Gasteiger partial charge on any atom is -0.372 e. The Bertz CT molecular complexity index is 251. The molecule has 3 heteroatoms. The Hall–Kier alpha value is -1.06. The molecule has 0 aliphatic rings. The van der Waals surface area contributed by atoms with E-state index >= 15 is 0 Å². The van der Waals surface area contributed by atoms with Gasteiger partial charge in [-0.3, -0.25) is 0 Å². The van der Waals surface area contributed by atoms with Gasteiger partial charge in [-0.15, -0.1) is 0 Å². The standard InChI is InChI=1S/C12H19NO2/c1-3-14-11-15-10-9-13(2)12-7-5-4-6-8-12/h4-8H,3,9-11H2,1-2H3. The van der Waals surface area contributed by atoms with Gasteiger partial charge in [-0.2, -0.15) is 0 Å². The van der Waals surface area contributed by atoms with Crippen LogP contribution >= 0.6 is 0 Å². The number of hydrogen-bond donors (Lipinski definition) is 0. The first kappa shape index (κ1) is 12.0. The topological polar surface area (TPSA) is 21.7 Å². The first-order chi connectivity index (χ1) is 7.34. The number of likely N-dealkylation sites (N-methyl/N-ethyl adjacent to an activating group) is 1. The smallest absolute Gasteiger partial charge is 0.146 e. The second-order valence-corrected chi connectivity index (χ2v) is 3.28. The molecule has 3 nitrogen and oxygen atoms in total. The molecule has 0 atom stereocenters. The SMILES string of the molecule is CCOCOCCN(C)c1ccccc1. The molecule has 0 heterocycles. The summed E-state index contributed by atoms with van der Waals surface area (Å²) in [6.45, 7) is 4.61. The van der Waals surface area contributed by atoms with Crippen LogP contribution in [0.4, 0.5) is 5.69 Å². The highest BCUT2D eigenvalue weighted by Crippen LogP contribution is 2.09. The second kappa shape index (κ2) is 7.26. The van der Waals surface area contributed by atoms with Crippen molar-refractivity contribution in [1.29, 1.82) is 0 Å². The lowest BCUT2D eigenvalue weighted by atomic mass is 10.3. The lowest BCUT2D eigenvalue weighted by Gasteiger charge is -2.18. The Kier molecular flexibility index (Phi) is 5.81. The normalized spacial score (nSPS) is 10.3. The predicted octanol–water partition coefficient (Wildman–Crippen LogP) is 2.13. The van der Waals surface area contributed by atoms with Gasteiger partial charge in [0.2, 0.25) is 0 Å². The summed E-state index contributed by atoms with van der Waals surface area (Å²) in [7, 11) is 2.05. The van der Waals surface area contributed by atoms with Gasteiger partial charge in [-0.1, -0.05) is 18.2 Å². The predicted molar refractivity (Wildman–Crippen MR) is 62.2 cm³/mol. The summed E-state index contributed by atoms with van der Waals surface area (Å²) in [5.74, 6) is 0. The average Bonchev–Trinajstić information content (AvgIpc) is 2.30. The van der Waals surface area contributed by atoms with E-state index in [1.165, 1.54) is 5.69 Å². The van der Waals surface area contributed by atoms with Crippen molar-refractivity contribution in [2.75, 3.05) is 38.5 Å². The molecule has 0 spiro atoms. The summed E-state index contributed by atoms with van der Waals surface area (Å²) in [6, 6.07) is 10.3. The van der Waals surface area contributed by atoms with E-state index in [9.17, 15) is 0 Å². The van der Waals surface area contributed by atoms with Gasteiger partial charge in [-0.25, -0.2) is 0 Å². The molecular weight excluding hydrogens is 190 g/mol. The van der Waals surface area contributed by atoms with Gasteiger partial charge in [0.15, 0.2) is 0 Å². The lowest BCUT2D eigenvalue weighted by molar-refractivity contribution is -0.0465. The van der Waals surface area contributed by atoms with Gasteiger partial charge in [0.1, 0.15) is 6.79 Å². The molecule has 1 aromatic rings. The maximum Gasteiger partial charge on any atom is 0.146 e. The molecule has 0 aliphatic carbocycles. The molecule has 0 amide bonds. The minimum atomic E-state index is 0.388. The van der Waals surface area contributed by atoms with E-state index in [2.05, 4.69) is 24.1 Å². The number of rotatable bonds is 7. The molecule has 84 valence electrons. The molecule has 0 saturated carbocycles. The molecule has 0 aromatic heterocycles. The van der Waals surface area contributed by atoms with Crippen molar-refractivity contribution in [3.8, 4) is 0 Å². The van der Waals surface area contributed by atoms with Crippen molar-refractivity contribution in [2.24, 2.45) is 0 Å². The minimum absolute atomic E-state index is 0.388. The highest BCUT2D eigenvalue weighted by atomic mass is 16.7. The zero-order valence-electron chi connectivity index (χ0n) is 9.48. The van der Waals surface area contributed by atoms with Crippen LogP contribution in [0.5, 0.6) is 0 Å². The quantitative estimate of drug-likeness (QED) is 0.507. The number of para-hydroxylation sites is 1. The van der Waals surface area contributed by atoms with Crippen LogP contribution < -0.4 is 4.90 Å². The molecule has 0 fully saturated rings. The summed E-state index contributed by atoms with van der Waals surface area (Å²) < 4.78 is 10.4. The monoisotopic (exact) mass is 209 g/mol. The zero-order valence-corrected chi connectivity index (χ0v) is 9.48. The molecular formula is C12H19NO2. The average molecular weight is 209 g/mol. The third-order valence-corrected chi connectivity index (χ3v) is 2.14. The lowest BCUT2D eigenvalue weighted by Crippen LogP contribution is -2.22. The van der Waals surface area contributed by atoms with Crippen molar-refractivity contribution in [3.05, 3.63) is 30.3 Å². The molecule has 15 heavy (non-hydrogen) atoms. The van der Waals surface area contributed by atoms with Crippen molar-refractivity contribution in [3.63, 3.8) is 0 Å². The Morgan fingerprint density at radius 3 is 2.53 bits per heavy atom. The number of benzene rings is 1. The van der Waals surface area contributed by atoms with Crippen LogP contribution in [0.3, 0.4) is 0 Å². The van der Waals surface area contributed by atoms with Crippen LogP contribution in [0.25, 0.3) is 0 Å². The number of anilines is 1. The zero-order chi connectivity index (χ0) is 10.9. The highest BCUT2D eigenvalue weighted by molar-refractivity contribution is 5.44. The number of hydrogen-bond acceptors (Lipinski definition) is 3. The van der Waals surface area contributed by atoms with Gasteiger partial charge in [0.25, 0.3) is 0 Å². The van der Waals surface area contributed by atoms with E-state index in [1.807, 2.05) is 25.1 Å². The van der Waals surface area contributed by atoms with Crippen LogP contribution in [-0.4, -0.2) is 33.6 Å². The molecule has 1 rings (SSSR count). The van der Waals surface area contributed by atoms with E-state index in [-0.39, 0.29) is 0 Å². The second-order valence-electron chi connectivity index (χ2n) is 3.28. The van der Waals surface area contributed by atoms with E-state index in [1.54, 1.807) is 0 Å².